The number of rotatable bonds is 6. The van der Waals surface area contributed by atoms with Gasteiger partial charge in [0, 0.05) is 25.1 Å². The molecule has 1 N–H and O–H groups in total. The second-order valence-electron chi connectivity index (χ2n) is 6.05. The Morgan fingerprint density at radius 2 is 2.09 bits per heavy atom. The standard InChI is InChI=1S/C19H22FNO2/c1-22-18-7-2-4-15(10-18)12-21-13-19(8-9-23-14-19)16-5-3-6-17(20)11-16/h2-7,10-11,21H,8-9,12-14H2,1H3/t19-/m0/s1. The summed E-state index contributed by atoms with van der Waals surface area (Å²) in [5, 5.41) is 3.50. The zero-order chi connectivity index (χ0) is 16.1. The molecule has 2 aromatic rings. The minimum absolute atomic E-state index is 0.152. The molecule has 4 heteroatoms. The van der Waals surface area contributed by atoms with E-state index in [4.69, 9.17) is 9.47 Å². The van der Waals surface area contributed by atoms with Crippen LogP contribution in [0.4, 0.5) is 4.39 Å². The third-order valence-corrected chi connectivity index (χ3v) is 4.47. The summed E-state index contributed by atoms with van der Waals surface area (Å²) in [5.41, 5.74) is 2.02. The Labute approximate surface area is 136 Å². The molecule has 0 radical (unpaired) electrons. The molecule has 0 bridgehead atoms. The van der Waals surface area contributed by atoms with E-state index >= 15 is 0 Å². The largest absolute Gasteiger partial charge is 0.497 e. The monoisotopic (exact) mass is 315 g/mol. The van der Waals surface area contributed by atoms with Crippen LogP contribution in [0.5, 0.6) is 5.75 Å². The van der Waals surface area contributed by atoms with Gasteiger partial charge in [0.2, 0.25) is 0 Å². The van der Waals surface area contributed by atoms with Crippen molar-refractivity contribution in [2.24, 2.45) is 0 Å². The highest BCUT2D eigenvalue weighted by Crippen LogP contribution is 2.33. The van der Waals surface area contributed by atoms with E-state index in [2.05, 4.69) is 11.4 Å². The summed E-state index contributed by atoms with van der Waals surface area (Å²) in [7, 11) is 1.67. The van der Waals surface area contributed by atoms with Crippen LogP contribution in [0.3, 0.4) is 0 Å². The number of ether oxygens (including phenoxy) is 2. The summed E-state index contributed by atoms with van der Waals surface area (Å²) in [4.78, 5) is 0. The molecule has 0 aliphatic carbocycles. The van der Waals surface area contributed by atoms with Crippen LogP contribution in [-0.4, -0.2) is 26.9 Å². The van der Waals surface area contributed by atoms with Crippen molar-refractivity contribution >= 4 is 0 Å². The number of methoxy groups -OCH3 is 1. The van der Waals surface area contributed by atoms with Gasteiger partial charge in [-0.15, -0.1) is 0 Å². The molecule has 0 amide bonds. The van der Waals surface area contributed by atoms with Crippen molar-refractivity contribution in [3.63, 3.8) is 0 Å². The van der Waals surface area contributed by atoms with Crippen LogP contribution < -0.4 is 10.1 Å². The van der Waals surface area contributed by atoms with E-state index in [1.54, 1.807) is 19.2 Å². The lowest BCUT2D eigenvalue weighted by atomic mass is 9.79. The van der Waals surface area contributed by atoms with Crippen LogP contribution in [0.15, 0.2) is 48.5 Å². The van der Waals surface area contributed by atoms with E-state index in [-0.39, 0.29) is 11.2 Å². The van der Waals surface area contributed by atoms with Crippen LogP contribution in [0.2, 0.25) is 0 Å². The maximum atomic E-state index is 13.6. The highest BCUT2D eigenvalue weighted by Gasteiger charge is 2.36. The summed E-state index contributed by atoms with van der Waals surface area (Å²) >= 11 is 0. The Balaban J connectivity index is 1.68. The van der Waals surface area contributed by atoms with Gasteiger partial charge in [0.1, 0.15) is 11.6 Å². The van der Waals surface area contributed by atoms with Gasteiger partial charge in [0.25, 0.3) is 0 Å². The molecular formula is C19H22FNO2. The molecule has 1 aliphatic rings. The van der Waals surface area contributed by atoms with E-state index in [1.807, 2.05) is 24.3 Å². The van der Waals surface area contributed by atoms with Gasteiger partial charge in [0.05, 0.1) is 13.7 Å². The zero-order valence-electron chi connectivity index (χ0n) is 13.3. The molecule has 1 saturated heterocycles. The summed E-state index contributed by atoms with van der Waals surface area (Å²) in [5.74, 6) is 0.662. The summed E-state index contributed by atoms with van der Waals surface area (Å²) < 4.78 is 24.4. The number of benzene rings is 2. The van der Waals surface area contributed by atoms with Crippen molar-refractivity contribution in [2.45, 2.75) is 18.4 Å². The SMILES string of the molecule is COc1cccc(CNC[C@@]2(c3cccc(F)c3)CCOC2)c1. The van der Waals surface area contributed by atoms with Crippen molar-refractivity contribution in [2.75, 3.05) is 26.9 Å². The fraction of sp³-hybridized carbons (Fsp3) is 0.368. The van der Waals surface area contributed by atoms with Gasteiger partial charge in [-0.3, -0.25) is 0 Å². The fourth-order valence-corrected chi connectivity index (χ4v) is 3.12. The molecule has 2 aromatic carbocycles. The van der Waals surface area contributed by atoms with Crippen molar-refractivity contribution < 1.29 is 13.9 Å². The number of hydrogen-bond donors (Lipinski definition) is 1. The third kappa shape index (κ3) is 3.71. The Kier molecular flexibility index (Phi) is 4.94. The van der Waals surface area contributed by atoms with Crippen molar-refractivity contribution in [1.29, 1.82) is 0 Å². The van der Waals surface area contributed by atoms with Gasteiger partial charge < -0.3 is 14.8 Å². The number of nitrogens with one attached hydrogen (secondary N) is 1. The van der Waals surface area contributed by atoms with Crippen molar-refractivity contribution in [3.8, 4) is 5.75 Å². The summed E-state index contributed by atoms with van der Waals surface area (Å²) in [6, 6.07) is 14.9. The topological polar surface area (TPSA) is 30.5 Å². The maximum absolute atomic E-state index is 13.6. The lowest BCUT2D eigenvalue weighted by Gasteiger charge is -2.28. The summed E-state index contributed by atoms with van der Waals surface area (Å²) in [6.45, 7) is 2.85. The van der Waals surface area contributed by atoms with Gasteiger partial charge >= 0.3 is 0 Å². The predicted molar refractivity (Wildman–Crippen MR) is 88.2 cm³/mol. The van der Waals surface area contributed by atoms with E-state index < -0.39 is 0 Å². The second kappa shape index (κ2) is 7.11. The highest BCUT2D eigenvalue weighted by molar-refractivity contribution is 5.30. The second-order valence-corrected chi connectivity index (χ2v) is 6.05. The average Bonchev–Trinajstić information content (AvgIpc) is 3.05. The number of hydrogen-bond acceptors (Lipinski definition) is 3. The molecule has 1 heterocycles. The minimum atomic E-state index is -0.193. The molecule has 1 atom stereocenters. The molecule has 0 saturated carbocycles. The normalized spacial score (nSPS) is 20.6. The molecule has 0 unspecified atom stereocenters. The molecule has 3 rings (SSSR count). The Hall–Kier alpha value is -1.91. The molecule has 122 valence electrons. The minimum Gasteiger partial charge on any atom is -0.497 e. The quantitative estimate of drug-likeness (QED) is 0.887. The zero-order valence-corrected chi connectivity index (χ0v) is 13.3. The number of halogens is 1. The van der Waals surface area contributed by atoms with Crippen molar-refractivity contribution in [1.82, 2.24) is 5.32 Å². The first-order valence-electron chi connectivity index (χ1n) is 7.89. The third-order valence-electron chi connectivity index (χ3n) is 4.47. The van der Waals surface area contributed by atoms with E-state index in [1.165, 1.54) is 6.07 Å². The Morgan fingerprint density at radius 3 is 2.83 bits per heavy atom. The molecular weight excluding hydrogens is 293 g/mol. The van der Waals surface area contributed by atoms with E-state index in [9.17, 15) is 4.39 Å². The maximum Gasteiger partial charge on any atom is 0.123 e. The van der Waals surface area contributed by atoms with E-state index in [0.717, 1.165) is 43.0 Å². The van der Waals surface area contributed by atoms with Crippen molar-refractivity contribution in [3.05, 3.63) is 65.5 Å². The molecule has 0 aromatic heterocycles. The van der Waals surface area contributed by atoms with E-state index in [0.29, 0.717) is 6.61 Å². The predicted octanol–water partition coefficient (Wildman–Crippen LogP) is 3.28. The van der Waals surface area contributed by atoms with Crippen LogP contribution in [0, 0.1) is 5.82 Å². The Morgan fingerprint density at radius 1 is 1.22 bits per heavy atom. The van der Waals surface area contributed by atoms with Crippen LogP contribution in [0.1, 0.15) is 17.5 Å². The average molecular weight is 315 g/mol. The van der Waals surface area contributed by atoms with Crippen LogP contribution >= 0.6 is 0 Å². The molecule has 3 nitrogen and oxygen atoms in total. The van der Waals surface area contributed by atoms with Crippen LogP contribution in [-0.2, 0) is 16.7 Å². The lowest BCUT2D eigenvalue weighted by Crippen LogP contribution is -2.38. The molecule has 1 fully saturated rings. The first-order valence-corrected chi connectivity index (χ1v) is 7.89. The van der Waals surface area contributed by atoms with Gasteiger partial charge in [-0.25, -0.2) is 4.39 Å². The van der Waals surface area contributed by atoms with Crippen LogP contribution in [0.25, 0.3) is 0 Å². The fourth-order valence-electron chi connectivity index (χ4n) is 3.12. The Bertz CT molecular complexity index is 653. The van der Waals surface area contributed by atoms with Gasteiger partial charge in [0.15, 0.2) is 0 Å². The smallest absolute Gasteiger partial charge is 0.123 e. The summed E-state index contributed by atoms with van der Waals surface area (Å²) in [6.07, 6.45) is 0.904. The van der Waals surface area contributed by atoms with Gasteiger partial charge in [-0.05, 0) is 41.8 Å². The first-order chi connectivity index (χ1) is 11.2. The van der Waals surface area contributed by atoms with Gasteiger partial charge in [-0.2, -0.15) is 0 Å². The molecule has 1 aliphatic heterocycles. The van der Waals surface area contributed by atoms with Gasteiger partial charge in [-0.1, -0.05) is 24.3 Å². The highest BCUT2D eigenvalue weighted by atomic mass is 19.1. The first kappa shape index (κ1) is 16.0. The lowest BCUT2D eigenvalue weighted by molar-refractivity contribution is 0.176. The molecule has 0 spiro atoms. The molecule has 23 heavy (non-hydrogen) atoms.